The molecule has 0 unspecified atom stereocenters. The van der Waals surface area contributed by atoms with Crippen LogP contribution in [0.1, 0.15) is 12.8 Å². The second-order valence-electron chi connectivity index (χ2n) is 4.32. The van der Waals surface area contributed by atoms with Crippen molar-refractivity contribution < 1.29 is 14.3 Å². The van der Waals surface area contributed by atoms with Crippen LogP contribution < -0.4 is 10.6 Å². The van der Waals surface area contributed by atoms with Gasteiger partial charge in [-0.3, -0.25) is 4.79 Å². The lowest BCUT2D eigenvalue weighted by Crippen LogP contribution is -2.40. The summed E-state index contributed by atoms with van der Waals surface area (Å²) in [5, 5.41) is 14.5. The molecule has 0 spiro atoms. The summed E-state index contributed by atoms with van der Waals surface area (Å²) < 4.78 is 13.2. The maximum atomic E-state index is 13.2. The minimum Gasteiger partial charge on any atom is -0.394 e. The molecule has 1 aliphatic carbocycles. The lowest BCUT2D eigenvalue weighted by atomic mass is 10.3. The van der Waals surface area contributed by atoms with Crippen LogP contribution in [-0.4, -0.2) is 29.7 Å². The molecule has 0 bridgehead atoms. The topological polar surface area (TPSA) is 61.4 Å². The predicted molar refractivity (Wildman–Crippen MR) is 62.1 cm³/mol. The predicted octanol–water partition coefficient (Wildman–Crippen LogP) is 0.879. The molecule has 0 aromatic heterocycles. The van der Waals surface area contributed by atoms with Gasteiger partial charge in [-0.1, -0.05) is 12.1 Å². The molecule has 5 heteroatoms. The van der Waals surface area contributed by atoms with Gasteiger partial charge in [-0.15, -0.1) is 0 Å². The molecule has 0 saturated heterocycles. The Kier molecular flexibility index (Phi) is 3.40. The van der Waals surface area contributed by atoms with Crippen molar-refractivity contribution in [1.29, 1.82) is 0 Å². The summed E-state index contributed by atoms with van der Waals surface area (Å²) in [6.45, 7) is 0.106. The average Bonchev–Trinajstić information content (AvgIpc) is 3.10. The van der Waals surface area contributed by atoms with Gasteiger partial charge in [0.25, 0.3) is 0 Å². The number of para-hydroxylation sites is 1. The summed E-state index contributed by atoms with van der Waals surface area (Å²) in [5.41, 5.74) is -0.111. The minimum absolute atomic E-state index is 0.0278. The van der Waals surface area contributed by atoms with Gasteiger partial charge in [0, 0.05) is 5.54 Å². The van der Waals surface area contributed by atoms with Gasteiger partial charge in [-0.2, -0.15) is 0 Å². The highest BCUT2D eigenvalue weighted by atomic mass is 19.1. The van der Waals surface area contributed by atoms with E-state index < -0.39 is 5.82 Å². The molecule has 0 heterocycles. The fourth-order valence-corrected chi connectivity index (χ4v) is 1.57. The molecule has 1 aliphatic rings. The second kappa shape index (κ2) is 4.81. The van der Waals surface area contributed by atoms with Crippen LogP contribution in [0.15, 0.2) is 24.3 Å². The number of carbonyl (C=O) groups excluding carboxylic acids is 1. The zero-order valence-corrected chi connectivity index (χ0v) is 9.37. The number of halogens is 1. The highest BCUT2D eigenvalue weighted by Crippen LogP contribution is 2.34. The number of amides is 1. The number of nitrogens with one attached hydrogen (secondary N) is 2. The number of benzene rings is 1. The van der Waals surface area contributed by atoms with Crippen molar-refractivity contribution in [3.63, 3.8) is 0 Å². The summed E-state index contributed by atoms with van der Waals surface area (Å²) in [6, 6.07) is 6.02. The van der Waals surface area contributed by atoms with Crippen molar-refractivity contribution in [2.24, 2.45) is 0 Å². The van der Waals surface area contributed by atoms with Crippen LogP contribution in [0.25, 0.3) is 0 Å². The monoisotopic (exact) mass is 238 g/mol. The number of aliphatic hydroxyl groups excluding tert-OH is 1. The van der Waals surface area contributed by atoms with Crippen LogP contribution >= 0.6 is 0 Å². The molecule has 1 fully saturated rings. The van der Waals surface area contributed by atoms with Crippen molar-refractivity contribution in [2.75, 3.05) is 18.5 Å². The molecule has 92 valence electrons. The van der Waals surface area contributed by atoms with E-state index in [9.17, 15) is 9.18 Å². The summed E-state index contributed by atoms with van der Waals surface area (Å²) in [6.07, 6.45) is 1.74. The highest BCUT2D eigenvalue weighted by molar-refractivity contribution is 5.92. The highest BCUT2D eigenvalue weighted by Gasteiger charge is 2.41. The SMILES string of the molecule is O=C(CNC1(CO)CC1)Nc1ccccc1F. The molecule has 1 aromatic carbocycles. The summed E-state index contributed by atoms with van der Waals surface area (Å²) in [5.74, 6) is -0.765. The molecular weight excluding hydrogens is 223 g/mol. The zero-order valence-electron chi connectivity index (χ0n) is 9.37. The van der Waals surface area contributed by atoms with E-state index >= 15 is 0 Å². The first-order valence-corrected chi connectivity index (χ1v) is 5.55. The van der Waals surface area contributed by atoms with Crippen molar-refractivity contribution in [1.82, 2.24) is 5.32 Å². The molecule has 0 atom stereocenters. The summed E-state index contributed by atoms with van der Waals surface area (Å²) in [4.78, 5) is 11.5. The van der Waals surface area contributed by atoms with Crippen LogP contribution in [0.3, 0.4) is 0 Å². The van der Waals surface area contributed by atoms with E-state index in [1.54, 1.807) is 12.1 Å². The summed E-state index contributed by atoms with van der Waals surface area (Å²) >= 11 is 0. The molecule has 1 saturated carbocycles. The largest absolute Gasteiger partial charge is 0.394 e. The molecule has 17 heavy (non-hydrogen) atoms. The van der Waals surface area contributed by atoms with Gasteiger partial charge in [0.05, 0.1) is 18.8 Å². The van der Waals surface area contributed by atoms with E-state index in [1.165, 1.54) is 12.1 Å². The van der Waals surface area contributed by atoms with E-state index in [-0.39, 0.29) is 30.3 Å². The maximum absolute atomic E-state index is 13.2. The van der Waals surface area contributed by atoms with E-state index in [0.29, 0.717) is 0 Å². The normalized spacial score (nSPS) is 16.6. The molecule has 0 radical (unpaired) electrons. The molecule has 2 rings (SSSR count). The number of aliphatic hydroxyl groups is 1. The first-order chi connectivity index (χ1) is 8.15. The molecule has 1 amide bonds. The van der Waals surface area contributed by atoms with Gasteiger partial charge < -0.3 is 15.7 Å². The van der Waals surface area contributed by atoms with Gasteiger partial charge in [0.2, 0.25) is 5.91 Å². The fraction of sp³-hybridized carbons (Fsp3) is 0.417. The average molecular weight is 238 g/mol. The van der Waals surface area contributed by atoms with Gasteiger partial charge in [0.1, 0.15) is 5.82 Å². The van der Waals surface area contributed by atoms with Crippen LogP contribution in [-0.2, 0) is 4.79 Å². The standard InChI is InChI=1S/C12H15FN2O2/c13-9-3-1-2-4-10(9)15-11(17)7-14-12(8-16)5-6-12/h1-4,14,16H,5-8H2,(H,15,17). The lowest BCUT2D eigenvalue weighted by molar-refractivity contribution is -0.115. The number of rotatable bonds is 5. The first kappa shape index (κ1) is 12.0. The van der Waals surface area contributed by atoms with E-state index in [1.807, 2.05) is 0 Å². The smallest absolute Gasteiger partial charge is 0.238 e. The Morgan fingerprint density at radius 3 is 2.71 bits per heavy atom. The van der Waals surface area contributed by atoms with Crippen LogP contribution in [0, 0.1) is 5.82 Å². The van der Waals surface area contributed by atoms with E-state index in [0.717, 1.165) is 12.8 Å². The van der Waals surface area contributed by atoms with Gasteiger partial charge in [-0.25, -0.2) is 4.39 Å². The Bertz CT molecular complexity index is 419. The fourth-order valence-electron chi connectivity index (χ4n) is 1.57. The van der Waals surface area contributed by atoms with Crippen LogP contribution in [0.2, 0.25) is 0 Å². The Hall–Kier alpha value is -1.46. The molecule has 3 N–H and O–H groups in total. The number of carbonyl (C=O) groups is 1. The Balaban J connectivity index is 1.83. The molecule has 0 aliphatic heterocycles. The van der Waals surface area contributed by atoms with E-state index in [2.05, 4.69) is 10.6 Å². The van der Waals surface area contributed by atoms with Crippen LogP contribution in [0.4, 0.5) is 10.1 Å². The molecular formula is C12H15FN2O2. The Labute approximate surface area is 98.8 Å². The number of hydrogen-bond donors (Lipinski definition) is 3. The number of hydrogen-bond acceptors (Lipinski definition) is 3. The third-order valence-electron chi connectivity index (χ3n) is 2.93. The molecule has 1 aromatic rings. The van der Waals surface area contributed by atoms with Crippen LogP contribution in [0.5, 0.6) is 0 Å². The van der Waals surface area contributed by atoms with Crippen molar-refractivity contribution >= 4 is 11.6 Å². The second-order valence-corrected chi connectivity index (χ2v) is 4.32. The van der Waals surface area contributed by atoms with Crippen molar-refractivity contribution in [3.8, 4) is 0 Å². The lowest BCUT2D eigenvalue weighted by Gasteiger charge is -2.13. The minimum atomic E-state index is -0.454. The first-order valence-electron chi connectivity index (χ1n) is 5.55. The Morgan fingerprint density at radius 2 is 2.12 bits per heavy atom. The zero-order chi connectivity index (χ0) is 12.3. The van der Waals surface area contributed by atoms with Crippen molar-refractivity contribution in [3.05, 3.63) is 30.1 Å². The van der Waals surface area contributed by atoms with Gasteiger partial charge in [0.15, 0.2) is 0 Å². The third-order valence-corrected chi connectivity index (χ3v) is 2.93. The van der Waals surface area contributed by atoms with Gasteiger partial charge >= 0.3 is 0 Å². The quantitative estimate of drug-likeness (QED) is 0.713. The Morgan fingerprint density at radius 1 is 1.41 bits per heavy atom. The summed E-state index contributed by atoms with van der Waals surface area (Å²) in [7, 11) is 0. The maximum Gasteiger partial charge on any atom is 0.238 e. The van der Waals surface area contributed by atoms with Crippen molar-refractivity contribution in [2.45, 2.75) is 18.4 Å². The van der Waals surface area contributed by atoms with E-state index in [4.69, 9.17) is 5.11 Å². The number of anilines is 1. The van der Waals surface area contributed by atoms with Gasteiger partial charge in [-0.05, 0) is 25.0 Å². The third kappa shape index (κ3) is 3.01. The molecule has 4 nitrogen and oxygen atoms in total.